The summed E-state index contributed by atoms with van der Waals surface area (Å²) in [5, 5.41) is 8.56. The molecule has 0 aromatic heterocycles. The molecule has 1 radical (unpaired) electrons. The Hall–Kier alpha value is -0.930. The van der Waals surface area contributed by atoms with Gasteiger partial charge in [0.2, 0.25) is 0 Å². The number of halogens is 1. The summed E-state index contributed by atoms with van der Waals surface area (Å²) in [6.45, 7) is -0.346. The Bertz CT molecular complexity index is 239. The standard InChI is InChI=1S/C8H9FNO/c9-7-4-2-1-3-6(7)8(10)5-11/h1-4,8,10-11H,5H2. The molecule has 0 aliphatic carbocycles. The molecule has 0 saturated heterocycles. The van der Waals surface area contributed by atoms with E-state index in [2.05, 4.69) is 0 Å². The van der Waals surface area contributed by atoms with E-state index in [1.807, 2.05) is 0 Å². The molecule has 0 spiro atoms. The number of hydrogen-bond donors (Lipinski definition) is 1. The molecule has 1 atom stereocenters. The van der Waals surface area contributed by atoms with Gasteiger partial charge in [-0.15, -0.1) is 0 Å². The Morgan fingerprint density at radius 2 is 2.09 bits per heavy atom. The van der Waals surface area contributed by atoms with Crippen LogP contribution in [0, 0.1) is 5.82 Å². The number of rotatable bonds is 2. The summed E-state index contributed by atoms with van der Waals surface area (Å²) in [6, 6.07) is 5.13. The molecule has 1 rings (SSSR count). The normalized spacial score (nSPS) is 13.0. The average Bonchev–Trinajstić information content (AvgIpc) is 2.04. The zero-order chi connectivity index (χ0) is 8.27. The molecule has 3 heteroatoms. The summed E-state index contributed by atoms with van der Waals surface area (Å²) in [7, 11) is 0. The maximum Gasteiger partial charge on any atom is 0.128 e. The van der Waals surface area contributed by atoms with Crippen molar-refractivity contribution in [1.29, 1.82) is 0 Å². The molecule has 0 bridgehead atoms. The van der Waals surface area contributed by atoms with Gasteiger partial charge in [-0.05, 0) is 6.07 Å². The molecule has 59 valence electrons. The van der Waals surface area contributed by atoms with Crippen molar-refractivity contribution in [3.05, 3.63) is 35.6 Å². The highest BCUT2D eigenvalue weighted by Gasteiger charge is 2.08. The summed E-state index contributed by atoms with van der Waals surface area (Å²) in [5.74, 6) is -0.429. The molecule has 1 unspecified atom stereocenters. The number of aliphatic hydroxyl groups excluding tert-OH is 1. The van der Waals surface area contributed by atoms with Gasteiger partial charge in [0.1, 0.15) is 5.82 Å². The van der Waals surface area contributed by atoms with E-state index in [1.54, 1.807) is 12.1 Å². The van der Waals surface area contributed by atoms with Gasteiger partial charge in [-0.3, -0.25) is 0 Å². The minimum absolute atomic E-state index is 0.245. The number of hydrogen-bond acceptors (Lipinski definition) is 1. The van der Waals surface area contributed by atoms with Crippen molar-refractivity contribution >= 4 is 0 Å². The van der Waals surface area contributed by atoms with Gasteiger partial charge in [0.05, 0.1) is 12.6 Å². The molecule has 0 fully saturated rings. The van der Waals surface area contributed by atoms with E-state index >= 15 is 0 Å². The Morgan fingerprint density at radius 3 is 2.64 bits per heavy atom. The van der Waals surface area contributed by atoms with Crippen molar-refractivity contribution in [1.82, 2.24) is 5.73 Å². The third-order valence-corrected chi connectivity index (χ3v) is 1.46. The van der Waals surface area contributed by atoms with Crippen molar-refractivity contribution in [3.63, 3.8) is 0 Å². The van der Waals surface area contributed by atoms with Crippen molar-refractivity contribution in [2.45, 2.75) is 6.04 Å². The van der Waals surface area contributed by atoms with Crippen LogP contribution in [0.4, 0.5) is 4.39 Å². The van der Waals surface area contributed by atoms with Crippen LogP contribution in [0.5, 0.6) is 0 Å². The van der Waals surface area contributed by atoms with Crippen molar-refractivity contribution < 1.29 is 9.50 Å². The fourth-order valence-electron chi connectivity index (χ4n) is 0.856. The van der Waals surface area contributed by atoms with Gasteiger partial charge in [0, 0.05) is 5.56 Å². The van der Waals surface area contributed by atoms with Gasteiger partial charge in [-0.2, -0.15) is 0 Å². The summed E-state index contributed by atoms with van der Waals surface area (Å²) in [6.07, 6.45) is 0. The molecule has 0 saturated carbocycles. The first-order valence-corrected chi connectivity index (χ1v) is 3.32. The number of benzene rings is 1. The van der Waals surface area contributed by atoms with Crippen LogP contribution in [0.2, 0.25) is 0 Å². The Kier molecular flexibility index (Phi) is 2.57. The van der Waals surface area contributed by atoms with Gasteiger partial charge < -0.3 is 5.11 Å². The SMILES string of the molecule is [NH]C(CO)c1ccccc1F. The minimum atomic E-state index is -0.865. The van der Waals surface area contributed by atoms with Crippen molar-refractivity contribution in [2.75, 3.05) is 6.61 Å². The van der Waals surface area contributed by atoms with Crippen LogP contribution in [0.25, 0.3) is 0 Å². The molecule has 0 aliphatic rings. The molecule has 0 aliphatic heterocycles. The number of nitrogens with one attached hydrogen (secondary N) is 1. The van der Waals surface area contributed by atoms with E-state index in [4.69, 9.17) is 10.8 Å². The van der Waals surface area contributed by atoms with Crippen molar-refractivity contribution in [3.8, 4) is 0 Å². The van der Waals surface area contributed by atoms with Crippen LogP contribution in [-0.2, 0) is 0 Å². The Balaban J connectivity index is 2.93. The quantitative estimate of drug-likeness (QED) is 0.682. The second-order valence-electron chi connectivity index (χ2n) is 2.26. The first kappa shape index (κ1) is 8.17. The fraction of sp³-hybridized carbons (Fsp3) is 0.250. The van der Waals surface area contributed by atoms with Gasteiger partial charge in [-0.25, -0.2) is 10.1 Å². The predicted molar refractivity (Wildman–Crippen MR) is 39.3 cm³/mol. The molecule has 11 heavy (non-hydrogen) atoms. The number of aliphatic hydroxyl groups is 1. The third kappa shape index (κ3) is 1.76. The molecular formula is C8H9FNO. The summed E-state index contributed by atoms with van der Waals surface area (Å²) < 4.78 is 12.8. The topological polar surface area (TPSA) is 44.0 Å². The minimum Gasteiger partial charge on any atom is -0.394 e. The van der Waals surface area contributed by atoms with Gasteiger partial charge in [0.15, 0.2) is 0 Å². The molecule has 0 heterocycles. The fourth-order valence-corrected chi connectivity index (χ4v) is 0.856. The zero-order valence-corrected chi connectivity index (χ0v) is 5.92. The monoisotopic (exact) mass is 154 g/mol. The van der Waals surface area contributed by atoms with E-state index in [-0.39, 0.29) is 12.2 Å². The van der Waals surface area contributed by atoms with Crippen molar-refractivity contribution in [2.24, 2.45) is 0 Å². The van der Waals surface area contributed by atoms with E-state index in [0.717, 1.165) is 0 Å². The molecule has 0 amide bonds. The van der Waals surface area contributed by atoms with Crippen LogP contribution in [-0.4, -0.2) is 11.7 Å². The lowest BCUT2D eigenvalue weighted by atomic mass is 10.1. The first-order valence-electron chi connectivity index (χ1n) is 3.32. The molecular weight excluding hydrogens is 145 g/mol. The Labute approximate surface area is 64.5 Å². The second kappa shape index (κ2) is 3.46. The predicted octanol–water partition coefficient (Wildman–Crippen LogP) is 1.14. The van der Waals surface area contributed by atoms with E-state index < -0.39 is 11.9 Å². The maximum atomic E-state index is 12.8. The van der Waals surface area contributed by atoms with E-state index in [1.165, 1.54) is 12.1 Å². The van der Waals surface area contributed by atoms with Crippen LogP contribution < -0.4 is 5.73 Å². The molecule has 1 aromatic carbocycles. The highest BCUT2D eigenvalue weighted by molar-refractivity contribution is 5.20. The summed E-state index contributed by atoms with van der Waals surface area (Å²) >= 11 is 0. The second-order valence-corrected chi connectivity index (χ2v) is 2.26. The summed E-state index contributed by atoms with van der Waals surface area (Å²) in [4.78, 5) is 0. The van der Waals surface area contributed by atoms with Gasteiger partial charge in [-0.1, -0.05) is 18.2 Å². The highest BCUT2D eigenvalue weighted by atomic mass is 19.1. The van der Waals surface area contributed by atoms with Crippen LogP contribution in [0.1, 0.15) is 11.6 Å². The largest absolute Gasteiger partial charge is 0.394 e. The van der Waals surface area contributed by atoms with Crippen LogP contribution in [0.15, 0.2) is 24.3 Å². The smallest absolute Gasteiger partial charge is 0.128 e. The average molecular weight is 154 g/mol. The lowest BCUT2D eigenvalue weighted by molar-refractivity contribution is 0.262. The first-order chi connectivity index (χ1) is 5.25. The molecule has 2 N–H and O–H groups in total. The molecule has 2 nitrogen and oxygen atoms in total. The van der Waals surface area contributed by atoms with Gasteiger partial charge in [0.25, 0.3) is 0 Å². The Morgan fingerprint density at radius 1 is 1.45 bits per heavy atom. The molecule has 1 aromatic rings. The van der Waals surface area contributed by atoms with Gasteiger partial charge >= 0.3 is 0 Å². The lowest BCUT2D eigenvalue weighted by Crippen LogP contribution is -2.06. The van der Waals surface area contributed by atoms with E-state index in [9.17, 15) is 4.39 Å². The summed E-state index contributed by atoms with van der Waals surface area (Å²) in [5.41, 5.74) is 7.46. The van der Waals surface area contributed by atoms with Crippen LogP contribution >= 0.6 is 0 Å². The van der Waals surface area contributed by atoms with E-state index in [0.29, 0.717) is 0 Å². The maximum absolute atomic E-state index is 12.8. The zero-order valence-electron chi connectivity index (χ0n) is 5.92. The lowest BCUT2D eigenvalue weighted by Gasteiger charge is -2.07. The van der Waals surface area contributed by atoms with Crippen LogP contribution in [0.3, 0.4) is 0 Å². The highest BCUT2D eigenvalue weighted by Crippen LogP contribution is 2.14. The third-order valence-electron chi connectivity index (χ3n) is 1.46.